The lowest BCUT2D eigenvalue weighted by atomic mass is 9.79. The standard InChI is InChI=1S/C23H31BN2O4S2/c1-22(2)23(3,4)30-24(29-22)17-5-11-21(12-6-17)32(27,28)26-15-13-19(14-16-26)25-18-7-9-20(31)10-8-18/h5-12,19,25,31H,13-16H2,1-4H3. The first-order valence-corrected chi connectivity index (χ1v) is 12.9. The van der Waals surface area contributed by atoms with Crippen LogP contribution in [0.2, 0.25) is 0 Å². The summed E-state index contributed by atoms with van der Waals surface area (Å²) in [6.07, 6.45) is 1.52. The molecule has 0 aromatic heterocycles. The van der Waals surface area contributed by atoms with Gasteiger partial charge in [0, 0.05) is 29.7 Å². The molecular weight excluding hydrogens is 443 g/mol. The van der Waals surface area contributed by atoms with E-state index >= 15 is 0 Å². The molecule has 0 spiro atoms. The second-order valence-electron chi connectivity index (χ2n) is 9.53. The molecule has 4 rings (SSSR count). The van der Waals surface area contributed by atoms with Crippen LogP contribution >= 0.6 is 12.6 Å². The van der Waals surface area contributed by atoms with Crippen LogP contribution in [0, 0.1) is 0 Å². The van der Waals surface area contributed by atoms with E-state index in [0.717, 1.165) is 28.9 Å². The Kier molecular flexibility index (Phi) is 6.42. The van der Waals surface area contributed by atoms with Crippen LogP contribution < -0.4 is 10.8 Å². The predicted molar refractivity (Wildman–Crippen MR) is 131 cm³/mol. The van der Waals surface area contributed by atoms with Crippen molar-refractivity contribution in [1.29, 1.82) is 0 Å². The molecule has 0 aliphatic carbocycles. The molecule has 2 heterocycles. The average Bonchev–Trinajstić information content (AvgIpc) is 2.97. The van der Waals surface area contributed by atoms with Crippen molar-refractivity contribution in [2.75, 3.05) is 18.4 Å². The minimum Gasteiger partial charge on any atom is -0.399 e. The predicted octanol–water partition coefficient (Wildman–Crippen LogP) is 3.54. The van der Waals surface area contributed by atoms with Gasteiger partial charge in [0.2, 0.25) is 10.0 Å². The van der Waals surface area contributed by atoms with Crippen LogP contribution in [0.1, 0.15) is 40.5 Å². The van der Waals surface area contributed by atoms with Crippen LogP contribution in [0.4, 0.5) is 5.69 Å². The Hall–Kier alpha value is -1.52. The second kappa shape index (κ2) is 8.68. The average molecular weight is 474 g/mol. The molecule has 2 aliphatic heterocycles. The zero-order valence-electron chi connectivity index (χ0n) is 19.0. The number of sulfonamides is 1. The number of thiol groups is 1. The summed E-state index contributed by atoms with van der Waals surface area (Å²) in [6, 6.07) is 15.0. The van der Waals surface area contributed by atoms with Gasteiger partial charge in [-0.3, -0.25) is 0 Å². The smallest absolute Gasteiger partial charge is 0.399 e. The Morgan fingerprint density at radius 1 is 0.938 bits per heavy atom. The highest BCUT2D eigenvalue weighted by molar-refractivity contribution is 7.89. The van der Waals surface area contributed by atoms with E-state index in [2.05, 4.69) is 17.9 Å². The monoisotopic (exact) mass is 474 g/mol. The fourth-order valence-corrected chi connectivity index (χ4v) is 5.58. The second-order valence-corrected chi connectivity index (χ2v) is 12.0. The summed E-state index contributed by atoms with van der Waals surface area (Å²) in [5.74, 6) is 0. The summed E-state index contributed by atoms with van der Waals surface area (Å²) in [4.78, 5) is 1.22. The number of hydrogen-bond donors (Lipinski definition) is 2. The van der Waals surface area contributed by atoms with Crippen molar-refractivity contribution < 1.29 is 17.7 Å². The summed E-state index contributed by atoms with van der Waals surface area (Å²) in [5, 5.41) is 3.49. The number of hydrogen-bond acceptors (Lipinski definition) is 6. The van der Waals surface area contributed by atoms with Gasteiger partial charge >= 0.3 is 7.12 Å². The minimum absolute atomic E-state index is 0.248. The SMILES string of the molecule is CC1(C)OB(c2ccc(S(=O)(=O)N3CCC(Nc4ccc(S)cc4)CC3)cc2)OC1(C)C. The Balaban J connectivity index is 1.38. The van der Waals surface area contributed by atoms with Crippen molar-refractivity contribution in [3.05, 3.63) is 48.5 Å². The molecule has 2 saturated heterocycles. The lowest BCUT2D eigenvalue weighted by molar-refractivity contribution is 0.00578. The molecule has 0 bridgehead atoms. The van der Waals surface area contributed by atoms with E-state index in [1.807, 2.05) is 52.0 Å². The third-order valence-electron chi connectivity index (χ3n) is 6.74. The minimum atomic E-state index is -3.54. The van der Waals surface area contributed by atoms with Crippen LogP contribution in [-0.4, -0.2) is 50.2 Å². The molecule has 0 atom stereocenters. The summed E-state index contributed by atoms with van der Waals surface area (Å²) in [6.45, 7) is 8.98. The molecule has 172 valence electrons. The summed E-state index contributed by atoms with van der Waals surface area (Å²) < 4.78 is 40.0. The van der Waals surface area contributed by atoms with Crippen LogP contribution in [0.3, 0.4) is 0 Å². The summed E-state index contributed by atoms with van der Waals surface area (Å²) in [5.41, 5.74) is 0.977. The maximum absolute atomic E-state index is 13.2. The number of benzene rings is 2. The molecule has 2 fully saturated rings. The van der Waals surface area contributed by atoms with Crippen molar-refractivity contribution in [2.24, 2.45) is 0 Å². The third kappa shape index (κ3) is 4.72. The fourth-order valence-electron chi connectivity index (χ4n) is 3.96. The van der Waals surface area contributed by atoms with Crippen LogP contribution in [0.15, 0.2) is 58.3 Å². The van der Waals surface area contributed by atoms with Gasteiger partial charge in [-0.05, 0) is 82.4 Å². The molecule has 0 amide bonds. The lowest BCUT2D eigenvalue weighted by Gasteiger charge is -2.32. The topological polar surface area (TPSA) is 67.9 Å². The molecule has 2 aromatic carbocycles. The van der Waals surface area contributed by atoms with E-state index in [1.165, 1.54) is 0 Å². The molecule has 32 heavy (non-hydrogen) atoms. The Bertz CT molecular complexity index is 1030. The van der Waals surface area contributed by atoms with Gasteiger partial charge in [-0.15, -0.1) is 12.6 Å². The summed E-state index contributed by atoms with van der Waals surface area (Å²) >= 11 is 4.31. The van der Waals surface area contributed by atoms with Gasteiger partial charge in [0.05, 0.1) is 16.1 Å². The van der Waals surface area contributed by atoms with E-state index in [4.69, 9.17) is 9.31 Å². The van der Waals surface area contributed by atoms with E-state index < -0.39 is 28.3 Å². The highest BCUT2D eigenvalue weighted by Crippen LogP contribution is 2.36. The molecule has 9 heteroatoms. The van der Waals surface area contributed by atoms with Crippen molar-refractivity contribution in [3.8, 4) is 0 Å². The fraction of sp³-hybridized carbons (Fsp3) is 0.478. The van der Waals surface area contributed by atoms with E-state index in [0.29, 0.717) is 18.0 Å². The maximum atomic E-state index is 13.2. The molecule has 2 aliphatic rings. The first-order valence-electron chi connectivity index (χ1n) is 11.0. The maximum Gasteiger partial charge on any atom is 0.494 e. The van der Waals surface area contributed by atoms with Gasteiger partial charge in [-0.2, -0.15) is 4.31 Å². The number of nitrogens with one attached hydrogen (secondary N) is 1. The zero-order valence-corrected chi connectivity index (χ0v) is 20.7. The lowest BCUT2D eigenvalue weighted by Crippen LogP contribution is -2.42. The van der Waals surface area contributed by atoms with Crippen LogP contribution in [-0.2, 0) is 19.3 Å². The first kappa shape index (κ1) is 23.6. The van der Waals surface area contributed by atoms with Crippen molar-refractivity contribution in [1.82, 2.24) is 4.31 Å². The van der Waals surface area contributed by atoms with Gasteiger partial charge in [0.1, 0.15) is 0 Å². The number of rotatable bonds is 5. The van der Waals surface area contributed by atoms with Gasteiger partial charge < -0.3 is 14.6 Å². The molecule has 0 unspecified atom stereocenters. The van der Waals surface area contributed by atoms with E-state index in [1.54, 1.807) is 28.6 Å². The molecule has 0 saturated carbocycles. The Labute approximate surface area is 197 Å². The highest BCUT2D eigenvalue weighted by Gasteiger charge is 2.51. The van der Waals surface area contributed by atoms with Crippen molar-refractivity contribution >= 4 is 40.9 Å². The first-order chi connectivity index (χ1) is 15.0. The quantitative estimate of drug-likeness (QED) is 0.513. The number of piperidine rings is 1. The largest absolute Gasteiger partial charge is 0.494 e. The molecule has 1 N–H and O–H groups in total. The van der Waals surface area contributed by atoms with Gasteiger partial charge in [0.25, 0.3) is 0 Å². The molecule has 2 aromatic rings. The molecular formula is C23H31BN2O4S2. The van der Waals surface area contributed by atoms with Crippen LogP contribution in [0.25, 0.3) is 0 Å². The van der Waals surface area contributed by atoms with E-state index in [9.17, 15) is 8.42 Å². The van der Waals surface area contributed by atoms with Gasteiger partial charge in [-0.25, -0.2) is 8.42 Å². The zero-order chi connectivity index (χ0) is 23.1. The summed E-state index contributed by atoms with van der Waals surface area (Å²) in [7, 11) is -4.04. The Morgan fingerprint density at radius 3 is 2.00 bits per heavy atom. The Morgan fingerprint density at radius 2 is 1.47 bits per heavy atom. The van der Waals surface area contributed by atoms with Gasteiger partial charge in [0.15, 0.2) is 0 Å². The number of anilines is 1. The van der Waals surface area contributed by atoms with Crippen molar-refractivity contribution in [3.63, 3.8) is 0 Å². The normalized spacial score (nSPS) is 21.6. The third-order valence-corrected chi connectivity index (χ3v) is 8.95. The highest BCUT2D eigenvalue weighted by atomic mass is 32.2. The van der Waals surface area contributed by atoms with Gasteiger partial charge in [-0.1, -0.05) is 12.1 Å². The van der Waals surface area contributed by atoms with E-state index in [-0.39, 0.29) is 6.04 Å². The number of nitrogens with zero attached hydrogens (tertiary/aromatic N) is 1. The molecule has 0 radical (unpaired) electrons. The van der Waals surface area contributed by atoms with Crippen LogP contribution in [0.5, 0.6) is 0 Å². The molecule has 6 nitrogen and oxygen atoms in total. The van der Waals surface area contributed by atoms with Crippen molar-refractivity contribution in [2.45, 2.75) is 67.6 Å².